The number of halogens is 1. The molecule has 1 heterocycles. The predicted octanol–water partition coefficient (Wildman–Crippen LogP) is 3.38. The number of carbonyl (C=O) groups excluding carboxylic acids is 1. The Labute approximate surface area is 137 Å². The van der Waals surface area contributed by atoms with Gasteiger partial charge in [-0.15, -0.1) is 12.4 Å². The summed E-state index contributed by atoms with van der Waals surface area (Å²) in [7, 11) is 0. The fourth-order valence-corrected chi connectivity index (χ4v) is 3.04. The van der Waals surface area contributed by atoms with Gasteiger partial charge in [0.2, 0.25) is 0 Å². The average Bonchev–Trinajstić information content (AvgIpc) is 2.55. The Kier molecular flexibility index (Phi) is 5.81. The van der Waals surface area contributed by atoms with Crippen LogP contribution in [0.2, 0.25) is 0 Å². The van der Waals surface area contributed by atoms with E-state index in [1.54, 1.807) is 0 Å². The van der Waals surface area contributed by atoms with Gasteiger partial charge >= 0.3 is 0 Å². The number of nitrogens with one attached hydrogen (secondary N) is 2. The van der Waals surface area contributed by atoms with Crippen LogP contribution in [0.3, 0.4) is 0 Å². The van der Waals surface area contributed by atoms with E-state index in [9.17, 15) is 4.79 Å². The van der Waals surface area contributed by atoms with Crippen LogP contribution < -0.4 is 10.6 Å². The van der Waals surface area contributed by atoms with E-state index in [1.807, 2.05) is 36.4 Å². The molecule has 2 unspecified atom stereocenters. The largest absolute Gasteiger partial charge is 0.349 e. The van der Waals surface area contributed by atoms with Crippen molar-refractivity contribution < 1.29 is 4.79 Å². The molecule has 2 atom stereocenters. The maximum atomic E-state index is 12.4. The molecular weight excluding hydrogens is 296 g/mol. The number of benzene rings is 2. The maximum Gasteiger partial charge on any atom is 0.251 e. The first-order valence-electron chi connectivity index (χ1n) is 7.74. The van der Waals surface area contributed by atoms with Crippen molar-refractivity contribution in [2.24, 2.45) is 5.92 Å². The van der Waals surface area contributed by atoms with E-state index in [1.165, 1.54) is 18.2 Å². The van der Waals surface area contributed by atoms with Crippen LogP contribution in [0.15, 0.2) is 42.5 Å². The Hall–Kier alpha value is -1.58. The summed E-state index contributed by atoms with van der Waals surface area (Å²) >= 11 is 0. The molecule has 0 bridgehead atoms. The molecule has 0 saturated carbocycles. The molecule has 1 aliphatic rings. The zero-order chi connectivity index (χ0) is 14.7. The van der Waals surface area contributed by atoms with Gasteiger partial charge in [0.15, 0.2) is 0 Å². The fourth-order valence-electron chi connectivity index (χ4n) is 3.04. The molecular formula is C18H23ClN2O. The highest BCUT2D eigenvalue weighted by molar-refractivity contribution is 5.98. The van der Waals surface area contributed by atoms with Crippen molar-refractivity contribution >= 4 is 29.1 Å². The number of fused-ring (bicyclic) bond motifs is 1. The fraction of sp³-hybridized carbons (Fsp3) is 0.389. The number of piperidine rings is 1. The van der Waals surface area contributed by atoms with Gasteiger partial charge in [-0.05, 0) is 61.7 Å². The monoisotopic (exact) mass is 318 g/mol. The summed E-state index contributed by atoms with van der Waals surface area (Å²) in [5, 5.41) is 8.83. The highest BCUT2D eigenvalue weighted by Crippen LogP contribution is 2.17. The molecule has 0 spiro atoms. The Morgan fingerprint density at radius 1 is 1.23 bits per heavy atom. The second kappa shape index (κ2) is 7.61. The molecule has 22 heavy (non-hydrogen) atoms. The average molecular weight is 319 g/mol. The summed E-state index contributed by atoms with van der Waals surface area (Å²) in [5.74, 6) is 0.557. The Balaban J connectivity index is 0.00000176. The zero-order valence-electron chi connectivity index (χ0n) is 12.8. The van der Waals surface area contributed by atoms with E-state index in [4.69, 9.17) is 0 Å². The number of rotatable bonds is 3. The topological polar surface area (TPSA) is 41.1 Å². The summed E-state index contributed by atoms with van der Waals surface area (Å²) in [6.07, 6.45) is 2.38. The first kappa shape index (κ1) is 16.8. The van der Waals surface area contributed by atoms with Gasteiger partial charge in [0.1, 0.15) is 0 Å². The lowest BCUT2D eigenvalue weighted by molar-refractivity contribution is 0.0922. The third-order valence-electron chi connectivity index (χ3n) is 4.41. The minimum absolute atomic E-state index is 0. The Bertz CT molecular complexity index is 638. The summed E-state index contributed by atoms with van der Waals surface area (Å²) in [5.41, 5.74) is 0.740. The first-order valence-corrected chi connectivity index (χ1v) is 7.74. The van der Waals surface area contributed by atoms with Crippen LogP contribution in [0.1, 0.15) is 30.1 Å². The molecule has 0 radical (unpaired) electrons. The van der Waals surface area contributed by atoms with Gasteiger partial charge in [-0.2, -0.15) is 0 Å². The number of carbonyl (C=O) groups is 1. The highest BCUT2D eigenvalue weighted by Gasteiger charge is 2.21. The minimum atomic E-state index is 0. The molecule has 1 fully saturated rings. The van der Waals surface area contributed by atoms with Gasteiger partial charge in [-0.1, -0.05) is 30.3 Å². The van der Waals surface area contributed by atoms with E-state index in [0.29, 0.717) is 5.92 Å². The molecule has 3 rings (SSSR count). The lowest BCUT2D eigenvalue weighted by atomic mass is 9.92. The Morgan fingerprint density at radius 3 is 2.73 bits per heavy atom. The molecule has 1 saturated heterocycles. The molecule has 0 aromatic heterocycles. The van der Waals surface area contributed by atoms with Crippen molar-refractivity contribution in [3.05, 3.63) is 48.0 Å². The summed E-state index contributed by atoms with van der Waals surface area (Å²) in [6, 6.07) is 14.2. The molecule has 1 amide bonds. The molecule has 2 aromatic carbocycles. The van der Waals surface area contributed by atoms with E-state index in [2.05, 4.69) is 23.6 Å². The molecule has 4 heteroatoms. The van der Waals surface area contributed by atoms with Gasteiger partial charge in [-0.3, -0.25) is 4.79 Å². The van der Waals surface area contributed by atoms with Gasteiger partial charge < -0.3 is 10.6 Å². The predicted molar refractivity (Wildman–Crippen MR) is 93.7 cm³/mol. The number of hydrogen-bond acceptors (Lipinski definition) is 2. The summed E-state index contributed by atoms with van der Waals surface area (Å²) in [6.45, 7) is 4.21. The number of amides is 1. The molecule has 2 aromatic rings. The normalized spacial score (nSPS) is 19.2. The lowest BCUT2D eigenvalue weighted by Gasteiger charge is -2.29. The second-order valence-corrected chi connectivity index (χ2v) is 5.93. The molecule has 2 N–H and O–H groups in total. The van der Waals surface area contributed by atoms with Crippen LogP contribution in [0.25, 0.3) is 10.8 Å². The van der Waals surface area contributed by atoms with Crippen LogP contribution in [0.4, 0.5) is 0 Å². The third-order valence-corrected chi connectivity index (χ3v) is 4.41. The summed E-state index contributed by atoms with van der Waals surface area (Å²) < 4.78 is 0. The van der Waals surface area contributed by atoms with Gasteiger partial charge in [0.05, 0.1) is 0 Å². The first-order chi connectivity index (χ1) is 10.2. The van der Waals surface area contributed by atoms with Crippen LogP contribution in [0.5, 0.6) is 0 Å². The van der Waals surface area contributed by atoms with Crippen LogP contribution >= 0.6 is 12.4 Å². The molecule has 3 nitrogen and oxygen atoms in total. The van der Waals surface area contributed by atoms with Crippen molar-refractivity contribution in [3.63, 3.8) is 0 Å². The zero-order valence-corrected chi connectivity index (χ0v) is 13.7. The van der Waals surface area contributed by atoms with Crippen molar-refractivity contribution in [2.75, 3.05) is 13.1 Å². The molecule has 0 aliphatic carbocycles. The second-order valence-electron chi connectivity index (χ2n) is 5.93. The van der Waals surface area contributed by atoms with Crippen molar-refractivity contribution in [1.82, 2.24) is 10.6 Å². The van der Waals surface area contributed by atoms with E-state index in [0.717, 1.165) is 24.0 Å². The van der Waals surface area contributed by atoms with Gasteiger partial charge in [0.25, 0.3) is 5.91 Å². The third kappa shape index (κ3) is 3.79. The molecule has 1 aliphatic heterocycles. The molecule has 118 valence electrons. The van der Waals surface area contributed by atoms with Crippen LogP contribution in [-0.4, -0.2) is 25.0 Å². The Morgan fingerprint density at radius 2 is 2.00 bits per heavy atom. The van der Waals surface area contributed by atoms with Crippen molar-refractivity contribution in [2.45, 2.75) is 25.8 Å². The highest BCUT2D eigenvalue weighted by atomic mass is 35.5. The number of hydrogen-bond donors (Lipinski definition) is 2. The van der Waals surface area contributed by atoms with Crippen LogP contribution in [-0.2, 0) is 0 Å². The van der Waals surface area contributed by atoms with E-state index >= 15 is 0 Å². The van der Waals surface area contributed by atoms with Gasteiger partial charge in [-0.25, -0.2) is 0 Å². The SMILES string of the molecule is CC(NC(=O)c1ccc2ccccc2c1)C1CCCNC1.Cl. The maximum absolute atomic E-state index is 12.4. The standard InChI is InChI=1S/C18H22N2O.ClH/c1-13(17-7-4-10-19-12-17)20-18(21)16-9-8-14-5-2-3-6-15(14)11-16;/h2-3,5-6,8-9,11,13,17,19H,4,7,10,12H2,1H3,(H,20,21);1H. The lowest BCUT2D eigenvalue weighted by Crippen LogP contribution is -2.44. The van der Waals surface area contributed by atoms with Crippen molar-refractivity contribution in [1.29, 1.82) is 0 Å². The van der Waals surface area contributed by atoms with E-state index in [-0.39, 0.29) is 24.4 Å². The summed E-state index contributed by atoms with van der Waals surface area (Å²) in [4.78, 5) is 12.4. The van der Waals surface area contributed by atoms with E-state index < -0.39 is 0 Å². The van der Waals surface area contributed by atoms with Gasteiger partial charge in [0, 0.05) is 11.6 Å². The minimum Gasteiger partial charge on any atom is -0.349 e. The quantitative estimate of drug-likeness (QED) is 0.911. The smallest absolute Gasteiger partial charge is 0.251 e. The van der Waals surface area contributed by atoms with Crippen LogP contribution in [0, 0.1) is 5.92 Å². The van der Waals surface area contributed by atoms with Crippen molar-refractivity contribution in [3.8, 4) is 0 Å².